The summed E-state index contributed by atoms with van der Waals surface area (Å²) in [7, 11) is 1.49. The maximum atomic E-state index is 12.2. The third-order valence-electron chi connectivity index (χ3n) is 4.81. The molecule has 26 heavy (non-hydrogen) atoms. The number of rotatable bonds is 6. The average Bonchev–Trinajstić information content (AvgIpc) is 3.06. The van der Waals surface area contributed by atoms with Gasteiger partial charge in [0.1, 0.15) is 5.56 Å². The molecule has 2 heterocycles. The molecule has 7 nitrogen and oxygen atoms in total. The number of carbonyl (C=O) groups excluding carboxylic acids is 1. The zero-order valence-electron chi connectivity index (χ0n) is 14.9. The van der Waals surface area contributed by atoms with Crippen molar-refractivity contribution < 1.29 is 4.79 Å². The van der Waals surface area contributed by atoms with Gasteiger partial charge in [0.2, 0.25) is 0 Å². The Morgan fingerprint density at radius 3 is 2.81 bits per heavy atom. The number of carbonyl (C=O) groups is 1. The minimum Gasteiger partial charge on any atom is -0.352 e. The van der Waals surface area contributed by atoms with Gasteiger partial charge in [-0.15, -0.1) is 0 Å². The highest BCUT2D eigenvalue weighted by atomic mass is 16.2. The van der Waals surface area contributed by atoms with Crippen molar-refractivity contribution in [3.63, 3.8) is 0 Å². The fraction of sp³-hybridized carbons (Fsp3) is 0.421. The molecule has 1 saturated heterocycles. The van der Waals surface area contributed by atoms with Gasteiger partial charge in [-0.2, -0.15) is 0 Å². The average molecular weight is 356 g/mol. The molecule has 7 heteroatoms. The summed E-state index contributed by atoms with van der Waals surface area (Å²) in [4.78, 5) is 39.8. The van der Waals surface area contributed by atoms with Crippen LogP contribution in [0.25, 0.3) is 0 Å². The molecule has 2 N–H and O–H groups in total. The van der Waals surface area contributed by atoms with Crippen molar-refractivity contribution >= 4 is 5.91 Å². The molecule has 0 aliphatic carbocycles. The van der Waals surface area contributed by atoms with Crippen molar-refractivity contribution in [2.45, 2.75) is 19.4 Å². The summed E-state index contributed by atoms with van der Waals surface area (Å²) >= 11 is 0. The maximum absolute atomic E-state index is 12.2. The van der Waals surface area contributed by atoms with Crippen molar-refractivity contribution in [3.05, 3.63) is 68.5 Å². The summed E-state index contributed by atoms with van der Waals surface area (Å²) in [5.74, 6) is 0.0958. The van der Waals surface area contributed by atoms with Crippen LogP contribution >= 0.6 is 0 Å². The number of hydrogen-bond acceptors (Lipinski definition) is 4. The minimum atomic E-state index is -0.652. The Labute approximate surface area is 151 Å². The van der Waals surface area contributed by atoms with Crippen LogP contribution in [0.15, 0.2) is 46.1 Å². The third kappa shape index (κ3) is 4.49. The normalized spacial score (nSPS) is 17.3. The van der Waals surface area contributed by atoms with Gasteiger partial charge < -0.3 is 9.88 Å². The number of hydrogen-bond donors (Lipinski definition) is 2. The summed E-state index contributed by atoms with van der Waals surface area (Å²) in [6.45, 7) is 3.56. The van der Waals surface area contributed by atoms with Crippen molar-refractivity contribution in [2.24, 2.45) is 13.0 Å². The van der Waals surface area contributed by atoms with Gasteiger partial charge >= 0.3 is 5.69 Å². The summed E-state index contributed by atoms with van der Waals surface area (Å²) in [5, 5.41) is 2.79. The number of aromatic nitrogens is 2. The number of aromatic amines is 1. The second-order valence-corrected chi connectivity index (χ2v) is 6.83. The molecule has 1 aliphatic rings. The van der Waals surface area contributed by atoms with Crippen LogP contribution < -0.4 is 16.6 Å². The van der Waals surface area contributed by atoms with Gasteiger partial charge in [-0.3, -0.25) is 19.5 Å². The molecule has 0 bridgehead atoms. The van der Waals surface area contributed by atoms with Crippen molar-refractivity contribution in [2.75, 3.05) is 19.6 Å². The first kappa shape index (κ1) is 18.1. The fourth-order valence-electron chi connectivity index (χ4n) is 3.34. The molecular formula is C19H24N4O3. The van der Waals surface area contributed by atoms with Crippen molar-refractivity contribution in [3.8, 4) is 0 Å². The fourth-order valence-corrected chi connectivity index (χ4v) is 3.34. The molecule has 1 amide bonds. The Kier molecular flexibility index (Phi) is 5.68. The van der Waals surface area contributed by atoms with E-state index in [0.717, 1.165) is 32.5 Å². The van der Waals surface area contributed by atoms with Crippen LogP contribution in [-0.4, -0.2) is 40.0 Å². The van der Waals surface area contributed by atoms with E-state index in [4.69, 9.17) is 0 Å². The van der Waals surface area contributed by atoms with Crippen LogP contribution in [0, 0.1) is 5.92 Å². The van der Waals surface area contributed by atoms with Gasteiger partial charge in [0.25, 0.3) is 11.5 Å². The van der Waals surface area contributed by atoms with E-state index < -0.39 is 17.2 Å². The Balaban J connectivity index is 1.45. The molecule has 138 valence electrons. The SMILES string of the molecule is Cn1cc(C(=O)NCC[C@H]2CCN(Cc3ccccc3)C2)c(=O)[nH]c1=O. The minimum absolute atomic E-state index is 0.0378. The third-order valence-corrected chi connectivity index (χ3v) is 4.81. The highest BCUT2D eigenvalue weighted by Gasteiger charge is 2.22. The molecule has 0 unspecified atom stereocenters. The molecule has 1 aromatic heterocycles. The van der Waals surface area contributed by atoms with Crippen LogP contribution in [0.5, 0.6) is 0 Å². The van der Waals surface area contributed by atoms with Gasteiger partial charge in [-0.25, -0.2) is 4.79 Å². The van der Waals surface area contributed by atoms with Crippen molar-refractivity contribution in [1.29, 1.82) is 0 Å². The zero-order chi connectivity index (χ0) is 18.5. The lowest BCUT2D eigenvalue weighted by Crippen LogP contribution is -2.36. The van der Waals surface area contributed by atoms with Gasteiger partial charge in [-0.05, 0) is 30.9 Å². The highest BCUT2D eigenvalue weighted by molar-refractivity contribution is 5.93. The van der Waals surface area contributed by atoms with E-state index in [9.17, 15) is 14.4 Å². The Bertz CT molecular complexity index is 872. The lowest BCUT2D eigenvalue weighted by Gasteiger charge is -2.16. The van der Waals surface area contributed by atoms with Crippen LogP contribution in [0.4, 0.5) is 0 Å². The van der Waals surface area contributed by atoms with Crippen molar-refractivity contribution in [1.82, 2.24) is 19.8 Å². The molecule has 1 aliphatic heterocycles. The summed E-state index contributed by atoms with van der Waals surface area (Å²) < 4.78 is 1.19. The summed E-state index contributed by atoms with van der Waals surface area (Å²) in [6.07, 6.45) is 3.26. The first-order valence-corrected chi connectivity index (χ1v) is 8.87. The highest BCUT2D eigenvalue weighted by Crippen LogP contribution is 2.21. The number of likely N-dealkylation sites (tertiary alicyclic amines) is 1. The lowest BCUT2D eigenvalue weighted by molar-refractivity contribution is 0.0949. The molecule has 3 rings (SSSR count). The van der Waals surface area contributed by atoms with E-state index in [2.05, 4.69) is 39.5 Å². The monoisotopic (exact) mass is 356 g/mol. The second kappa shape index (κ2) is 8.14. The Hall–Kier alpha value is -2.67. The zero-order valence-corrected chi connectivity index (χ0v) is 14.9. The lowest BCUT2D eigenvalue weighted by atomic mass is 10.1. The van der Waals surface area contributed by atoms with E-state index in [1.165, 1.54) is 23.4 Å². The van der Waals surface area contributed by atoms with Crippen LogP contribution in [0.3, 0.4) is 0 Å². The second-order valence-electron chi connectivity index (χ2n) is 6.83. The Morgan fingerprint density at radius 2 is 2.04 bits per heavy atom. The summed E-state index contributed by atoms with van der Waals surface area (Å²) in [6, 6.07) is 10.4. The number of benzene rings is 1. The predicted octanol–water partition coefficient (Wildman–Crippen LogP) is 0.716. The first-order chi connectivity index (χ1) is 12.5. The summed E-state index contributed by atoms with van der Waals surface area (Å²) in [5.41, 5.74) is 0.0936. The van der Waals surface area contributed by atoms with E-state index >= 15 is 0 Å². The van der Waals surface area contributed by atoms with Gasteiger partial charge in [0.15, 0.2) is 0 Å². The standard InChI is InChI=1S/C19H24N4O3/c1-22-13-16(18(25)21-19(22)26)17(24)20-9-7-15-8-10-23(12-15)11-14-5-3-2-4-6-14/h2-6,13,15H,7-12H2,1H3,(H,20,24)(H,21,25,26)/t15-/m0/s1. The first-order valence-electron chi connectivity index (χ1n) is 8.87. The number of nitrogens with zero attached hydrogens (tertiary/aromatic N) is 2. The molecule has 1 fully saturated rings. The van der Waals surface area contributed by atoms with Gasteiger partial charge in [0.05, 0.1) is 0 Å². The number of H-pyrrole nitrogens is 1. The van der Waals surface area contributed by atoms with Crippen LogP contribution in [0.2, 0.25) is 0 Å². The van der Waals surface area contributed by atoms with Gasteiger partial charge in [0, 0.05) is 32.9 Å². The molecular weight excluding hydrogens is 332 g/mol. The topological polar surface area (TPSA) is 87.2 Å². The van der Waals surface area contributed by atoms with E-state index in [-0.39, 0.29) is 5.56 Å². The Morgan fingerprint density at radius 1 is 1.27 bits per heavy atom. The number of amides is 1. The largest absolute Gasteiger partial charge is 0.352 e. The molecule has 1 atom stereocenters. The molecule has 0 spiro atoms. The number of aryl methyl sites for hydroxylation is 1. The van der Waals surface area contributed by atoms with E-state index in [1.807, 2.05) is 6.07 Å². The smallest absolute Gasteiger partial charge is 0.328 e. The van der Waals surface area contributed by atoms with E-state index in [0.29, 0.717) is 12.5 Å². The van der Waals surface area contributed by atoms with E-state index in [1.54, 1.807) is 0 Å². The quantitative estimate of drug-likeness (QED) is 0.798. The molecule has 0 radical (unpaired) electrons. The van der Waals surface area contributed by atoms with Crippen LogP contribution in [-0.2, 0) is 13.6 Å². The molecule has 1 aromatic carbocycles. The van der Waals surface area contributed by atoms with Crippen LogP contribution in [0.1, 0.15) is 28.8 Å². The maximum Gasteiger partial charge on any atom is 0.328 e. The predicted molar refractivity (Wildman–Crippen MR) is 99.1 cm³/mol. The number of nitrogens with one attached hydrogen (secondary N) is 2. The molecule has 2 aromatic rings. The van der Waals surface area contributed by atoms with Gasteiger partial charge in [-0.1, -0.05) is 30.3 Å². The molecule has 0 saturated carbocycles.